The summed E-state index contributed by atoms with van der Waals surface area (Å²) < 4.78 is 2.93. The van der Waals surface area contributed by atoms with E-state index >= 15 is 0 Å². The van der Waals surface area contributed by atoms with Gasteiger partial charge in [-0.2, -0.15) is 0 Å². The maximum atomic E-state index is 10.3. The summed E-state index contributed by atoms with van der Waals surface area (Å²) in [5.74, 6) is 0.890. The van der Waals surface area contributed by atoms with Gasteiger partial charge in [0.25, 0.3) is 0 Å². The van der Waals surface area contributed by atoms with E-state index in [1.807, 2.05) is 12.3 Å². The van der Waals surface area contributed by atoms with Crippen molar-refractivity contribution >= 4 is 27.5 Å². The molecular formula is C14H16BrClN2O. The first-order chi connectivity index (χ1) is 9.11. The molecule has 0 fully saturated rings. The van der Waals surface area contributed by atoms with Crippen molar-refractivity contribution in [2.75, 3.05) is 0 Å². The average molecular weight is 344 g/mol. The highest BCUT2D eigenvalue weighted by atomic mass is 79.9. The summed E-state index contributed by atoms with van der Waals surface area (Å²) in [7, 11) is 0. The second kappa shape index (κ2) is 6.55. The molecule has 2 rings (SSSR count). The molecular weight excluding hydrogens is 328 g/mol. The van der Waals surface area contributed by atoms with Crippen molar-refractivity contribution in [3.63, 3.8) is 0 Å². The first-order valence-corrected chi connectivity index (χ1v) is 7.42. The third kappa shape index (κ3) is 3.59. The number of imidazole rings is 1. The molecule has 1 heterocycles. The van der Waals surface area contributed by atoms with Crippen LogP contribution in [-0.4, -0.2) is 14.7 Å². The first kappa shape index (κ1) is 14.6. The Morgan fingerprint density at radius 2 is 2.26 bits per heavy atom. The summed E-state index contributed by atoms with van der Waals surface area (Å²) in [6, 6.07) is 5.42. The monoisotopic (exact) mass is 342 g/mol. The van der Waals surface area contributed by atoms with Crippen LogP contribution in [0.1, 0.15) is 30.8 Å². The van der Waals surface area contributed by atoms with Gasteiger partial charge in [0.1, 0.15) is 5.82 Å². The zero-order valence-electron chi connectivity index (χ0n) is 10.7. The van der Waals surface area contributed by atoms with Gasteiger partial charge in [-0.05, 0) is 30.2 Å². The molecule has 0 aliphatic heterocycles. The van der Waals surface area contributed by atoms with Crippen molar-refractivity contribution in [1.82, 2.24) is 9.55 Å². The van der Waals surface area contributed by atoms with Crippen molar-refractivity contribution in [1.29, 1.82) is 0 Å². The van der Waals surface area contributed by atoms with Gasteiger partial charge in [-0.3, -0.25) is 0 Å². The molecule has 102 valence electrons. The molecule has 0 saturated carbocycles. The van der Waals surface area contributed by atoms with E-state index in [0.29, 0.717) is 11.4 Å². The summed E-state index contributed by atoms with van der Waals surface area (Å²) in [6.45, 7) is 3.03. The Bertz CT molecular complexity index is 556. The predicted molar refractivity (Wildman–Crippen MR) is 80.3 cm³/mol. The van der Waals surface area contributed by atoms with E-state index in [1.165, 1.54) is 0 Å². The molecule has 0 aliphatic rings. The topological polar surface area (TPSA) is 38.0 Å². The van der Waals surface area contributed by atoms with E-state index in [-0.39, 0.29) is 0 Å². The molecule has 1 atom stereocenters. The van der Waals surface area contributed by atoms with Crippen LogP contribution in [0.2, 0.25) is 5.02 Å². The van der Waals surface area contributed by atoms with Crippen LogP contribution in [0, 0.1) is 0 Å². The molecule has 1 aromatic carbocycles. The molecule has 1 unspecified atom stereocenters. The van der Waals surface area contributed by atoms with Crippen molar-refractivity contribution in [3.05, 3.63) is 51.5 Å². The van der Waals surface area contributed by atoms with Gasteiger partial charge in [0.05, 0.1) is 6.10 Å². The lowest BCUT2D eigenvalue weighted by atomic mass is 10.1. The Morgan fingerprint density at radius 1 is 1.47 bits per heavy atom. The van der Waals surface area contributed by atoms with E-state index in [2.05, 4.69) is 32.4 Å². The fourth-order valence-electron chi connectivity index (χ4n) is 2.03. The summed E-state index contributed by atoms with van der Waals surface area (Å²) in [4.78, 5) is 4.31. The minimum absolute atomic E-state index is 0.478. The Balaban J connectivity index is 2.18. The number of halogens is 2. The number of nitrogens with zero attached hydrogens (tertiary/aromatic N) is 2. The molecule has 1 N–H and O–H groups in total. The van der Waals surface area contributed by atoms with Gasteiger partial charge in [-0.15, -0.1) is 0 Å². The van der Waals surface area contributed by atoms with Crippen molar-refractivity contribution in [2.24, 2.45) is 0 Å². The number of rotatable bonds is 5. The van der Waals surface area contributed by atoms with Crippen molar-refractivity contribution < 1.29 is 5.11 Å². The molecule has 3 nitrogen and oxygen atoms in total. The molecule has 1 aromatic heterocycles. The van der Waals surface area contributed by atoms with Crippen LogP contribution < -0.4 is 0 Å². The van der Waals surface area contributed by atoms with Gasteiger partial charge in [-0.25, -0.2) is 4.98 Å². The number of aryl methyl sites for hydroxylation is 1. The fraction of sp³-hybridized carbons (Fsp3) is 0.357. The lowest BCUT2D eigenvalue weighted by Crippen LogP contribution is -2.09. The van der Waals surface area contributed by atoms with E-state index < -0.39 is 6.10 Å². The lowest BCUT2D eigenvalue weighted by Gasteiger charge is -2.14. The predicted octanol–water partition coefficient (Wildman–Crippen LogP) is 3.99. The van der Waals surface area contributed by atoms with E-state index in [4.69, 9.17) is 11.6 Å². The summed E-state index contributed by atoms with van der Waals surface area (Å²) >= 11 is 9.41. The molecule has 0 aliphatic carbocycles. The maximum Gasteiger partial charge on any atom is 0.111 e. The number of hydrogen-bond acceptors (Lipinski definition) is 2. The number of aromatic nitrogens is 2. The third-order valence-electron chi connectivity index (χ3n) is 2.96. The Labute approximate surface area is 126 Å². The maximum absolute atomic E-state index is 10.3. The molecule has 0 amide bonds. The minimum Gasteiger partial charge on any atom is -0.388 e. The highest BCUT2D eigenvalue weighted by Gasteiger charge is 2.15. The smallest absolute Gasteiger partial charge is 0.111 e. The van der Waals surface area contributed by atoms with Crippen LogP contribution in [0.3, 0.4) is 0 Å². The van der Waals surface area contributed by atoms with Crippen molar-refractivity contribution in [2.45, 2.75) is 32.4 Å². The number of hydrogen-bond donors (Lipinski definition) is 1. The van der Waals surface area contributed by atoms with E-state index in [9.17, 15) is 5.11 Å². The molecule has 0 radical (unpaired) electrons. The van der Waals surface area contributed by atoms with Gasteiger partial charge in [-0.1, -0.05) is 34.5 Å². The van der Waals surface area contributed by atoms with Crippen LogP contribution in [0.25, 0.3) is 0 Å². The average Bonchev–Trinajstić information content (AvgIpc) is 2.80. The zero-order chi connectivity index (χ0) is 13.8. The summed E-state index contributed by atoms with van der Waals surface area (Å²) in [5, 5.41) is 11.0. The normalized spacial score (nSPS) is 12.6. The van der Waals surface area contributed by atoms with Crippen LogP contribution >= 0.6 is 27.5 Å². The van der Waals surface area contributed by atoms with Crippen LogP contribution in [-0.2, 0) is 13.0 Å². The molecule has 0 bridgehead atoms. The molecule has 0 saturated heterocycles. The standard InChI is InChI=1S/C14H16BrClN2O/c1-2-6-18-7-5-17-14(18)9-13(19)11-8-10(16)3-4-12(11)15/h3-5,7-8,13,19H,2,6,9H2,1H3. The quantitative estimate of drug-likeness (QED) is 0.891. The first-order valence-electron chi connectivity index (χ1n) is 6.24. The third-order valence-corrected chi connectivity index (χ3v) is 3.92. The van der Waals surface area contributed by atoms with Gasteiger partial charge < -0.3 is 9.67 Å². The van der Waals surface area contributed by atoms with Gasteiger partial charge in [0.2, 0.25) is 0 Å². The Hall–Kier alpha value is -0.840. The van der Waals surface area contributed by atoms with Crippen molar-refractivity contribution in [3.8, 4) is 0 Å². The van der Waals surface area contributed by atoms with Gasteiger partial charge >= 0.3 is 0 Å². The molecule has 0 spiro atoms. The largest absolute Gasteiger partial charge is 0.388 e. The molecule has 2 aromatic rings. The summed E-state index contributed by atoms with van der Waals surface area (Å²) in [6.07, 6.45) is 4.61. The molecule has 5 heteroatoms. The number of aliphatic hydroxyl groups excluding tert-OH is 1. The highest BCUT2D eigenvalue weighted by molar-refractivity contribution is 9.10. The van der Waals surface area contributed by atoms with Crippen LogP contribution in [0.4, 0.5) is 0 Å². The van der Waals surface area contributed by atoms with E-state index in [0.717, 1.165) is 28.8 Å². The van der Waals surface area contributed by atoms with Crippen LogP contribution in [0.5, 0.6) is 0 Å². The van der Waals surface area contributed by atoms with Gasteiger partial charge in [0.15, 0.2) is 0 Å². The minimum atomic E-state index is -0.619. The number of aliphatic hydroxyl groups is 1. The SMILES string of the molecule is CCCn1ccnc1CC(O)c1cc(Cl)ccc1Br. The number of benzene rings is 1. The van der Waals surface area contributed by atoms with E-state index in [1.54, 1.807) is 18.3 Å². The zero-order valence-corrected chi connectivity index (χ0v) is 13.0. The van der Waals surface area contributed by atoms with Crippen LogP contribution in [0.15, 0.2) is 35.1 Å². The second-order valence-electron chi connectivity index (χ2n) is 4.42. The van der Waals surface area contributed by atoms with Gasteiger partial charge in [0, 0.05) is 34.9 Å². The second-order valence-corrected chi connectivity index (χ2v) is 5.71. The molecule has 19 heavy (non-hydrogen) atoms. The highest BCUT2D eigenvalue weighted by Crippen LogP contribution is 2.28. The summed E-state index contributed by atoms with van der Waals surface area (Å²) in [5.41, 5.74) is 0.790. The fourth-order valence-corrected chi connectivity index (χ4v) is 2.72. The Morgan fingerprint density at radius 3 is 3.00 bits per heavy atom. The lowest BCUT2D eigenvalue weighted by molar-refractivity contribution is 0.173. The Kier molecular flexibility index (Phi) is 5.02.